The molecule has 16 heavy (non-hydrogen) atoms. The Bertz CT molecular complexity index is 255. The van der Waals surface area contributed by atoms with Gasteiger partial charge in [0, 0.05) is 32.0 Å². The highest BCUT2D eigenvalue weighted by molar-refractivity contribution is 5.81. The summed E-state index contributed by atoms with van der Waals surface area (Å²) in [6.45, 7) is 7.66. The highest BCUT2D eigenvalue weighted by Gasteiger charge is 2.35. The summed E-state index contributed by atoms with van der Waals surface area (Å²) in [5.41, 5.74) is 0.583. The third kappa shape index (κ3) is 2.48. The Labute approximate surface area is 99.4 Å². The fourth-order valence-electron chi connectivity index (χ4n) is 3.46. The summed E-state index contributed by atoms with van der Waals surface area (Å²) in [5, 5.41) is 0. The molecule has 1 aliphatic carbocycles. The summed E-state index contributed by atoms with van der Waals surface area (Å²) in [6, 6.07) is 0. The Morgan fingerprint density at radius 1 is 1.38 bits per heavy atom. The lowest BCUT2D eigenvalue weighted by Gasteiger charge is -2.38. The molecule has 2 heteroatoms. The van der Waals surface area contributed by atoms with Gasteiger partial charge in [-0.15, -0.1) is 0 Å². The summed E-state index contributed by atoms with van der Waals surface area (Å²) in [4.78, 5) is 14.0. The summed E-state index contributed by atoms with van der Waals surface area (Å²) in [6.07, 6.45) is 7.73. The molecule has 2 rings (SSSR count). The van der Waals surface area contributed by atoms with E-state index < -0.39 is 0 Å². The predicted molar refractivity (Wildman–Crippen MR) is 66.4 cm³/mol. The Kier molecular flexibility index (Phi) is 3.68. The van der Waals surface area contributed by atoms with Gasteiger partial charge in [-0.25, -0.2) is 0 Å². The van der Waals surface area contributed by atoms with Crippen molar-refractivity contribution in [1.29, 1.82) is 0 Å². The first kappa shape index (κ1) is 12.1. The molecule has 1 unspecified atom stereocenters. The van der Waals surface area contributed by atoms with Crippen molar-refractivity contribution in [2.75, 3.05) is 19.6 Å². The van der Waals surface area contributed by atoms with Gasteiger partial charge in [0.15, 0.2) is 0 Å². The molecule has 2 aliphatic rings. The molecule has 0 aromatic carbocycles. The van der Waals surface area contributed by atoms with E-state index in [1.165, 1.54) is 38.6 Å². The van der Waals surface area contributed by atoms with Crippen molar-refractivity contribution in [3.8, 4) is 0 Å². The molecule has 2 fully saturated rings. The first-order chi connectivity index (χ1) is 7.65. The highest BCUT2D eigenvalue weighted by atomic mass is 16.1. The van der Waals surface area contributed by atoms with E-state index >= 15 is 0 Å². The smallest absolute Gasteiger partial charge is 0.138 e. The van der Waals surface area contributed by atoms with E-state index in [1.54, 1.807) is 0 Å². The first-order valence-corrected chi connectivity index (χ1v) is 6.90. The van der Waals surface area contributed by atoms with Gasteiger partial charge in [-0.1, -0.05) is 26.7 Å². The topological polar surface area (TPSA) is 20.3 Å². The van der Waals surface area contributed by atoms with Gasteiger partial charge in [0.25, 0.3) is 0 Å². The number of Topliss-reactive ketones (excluding diaryl/α,β-unsaturated/α-hetero) is 1. The van der Waals surface area contributed by atoms with Crippen molar-refractivity contribution >= 4 is 5.78 Å². The zero-order chi connectivity index (χ0) is 11.6. The van der Waals surface area contributed by atoms with Crippen LogP contribution < -0.4 is 0 Å². The lowest BCUT2D eigenvalue weighted by Crippen LogP contribution is -2.44. The molecule has 0 radical (unpaired) electrons. The molecule has 1 saturated heterocycles. The second-order valence-corrected chi connectivity index (χ2v) is 5.91. The van der Waals surface area contributed by atoms with Gasteiger partial charge in [-0.3, -0.25) is 4.79 Å². The third-order valence-electron chi connectivity index (χ3n) is 4.73. The molecule has 0 bridgehead atoms. The molecule has 1 aliphatic heterocycles. The average molecular weight is 223 g/mol. The van der Waals surface area contributed by atoms with Crippen LogP contribution in [0.3, 0.4) is 0 Å². The van der Waals surface area contributed by atoms with Crippen LogP contribution in [0.1, 0.15) is 52.4 Å². The molecule has 0 aromatic rings. The van der Waals surface area contributed by atoms with Crippen LogP contribution in [0.2, 0.25) is 0 Å². The largest absolute Gasteiger partial charge is 0.302 e. The molecule has 0 aromatic heterocycles. The minimum absolute atomic E-state index is 0.268. The Morgan fingerprint density at radius 3 is 2.62 bits per heavy atom. The minimum Gasteiger partial charge on any atom is -0.302 e. The van der Waals surface area contributed by atoms with Crippen molar-refractivity contribution in [3.05, 3.63) is 0 Å². The lowest BCUT2D eigenvalue weighted by molar-refractivity contribution is -0.126. The molecule has 92 valence electrons. The van der Waals surface area contributed by atoms with Gasteiger partial charge in [0.05, 0.1) is 0 Å². The van der Waals surface area contributed by atoms with Crippen molar-refractivity contribution in [3.63, 3.8) is 0 Å². The molecule has 1 atom stereocenters. The number of piperidine rings is 1. The van der Waals surface area contributed by atoms with E-state index in [9.17, 15) is 4.79 Å². The number of carbonyl (C=O) groups excluding carboxylic acids is 1. The lowest BCUT2D eigenvalue weighted by atomic mass is 9.82. The van der Waals surface area contributed by atoms with E-state index in [1.807, 2.05) is 0 Å². The standard InChI is InChI=1S/C14H25NO/c1-3-14(7-4-5-8-14)11-15-9-6-13(16)12(2)10-15/h12H,3-11H2,1-2H3. The Balaban J connectivity index is 1.91. The number of rotatable bonds is 3. The molecule has 2 nitrogen and oxygen atoms in total. The van der Waals surface area contributed by atoms with Crippen LogP contribution in [-0.4, -0.2) is 30.3 Å². The van der Waals surface area contributed by atoms with Gasteiger partial charge in [0.2, 0.25) is 0 Å². The van der Waals surface area contributed by atoms with Crippen LogP contribution in [0.15, 0.2) is 0 Å². The summed E-state index contributed by atoms with van der Waals surface area (Å²) in [7, 11) is 0. The SMILES string of the molecule is CCC1(CN2CCC(=O)C(C)C2)CCCC1. The van der Waals surface area contributed by atoms with Crippen molar-refractivity contribution in [1.82, 2.24) is 4.90 Å². The molecule has 1 heterocycles. The van der Waals surface area contributed by atoms with Crippen LogP contribution in [-0.2, 0) is 4.79 Å². The predicted octanol–water partition coefficient (Wildman–Crippen LogP) is 2.87. The second kappa shape index (κ2) is 4.87. The fourth-order valence-corrected chi connectivity index (χ4v) is 3.46. The summed E-state index contributed by atoms with van der Waals surface area (Å²) >= 11 is 0. The van der Waals surface area contributed by atoms with Crippen LogP contribution in [0, 0.1) is 11.3 Å². The normalized spacial score (nSPS) is 30.9. The highest BCUT2D eigenvalue weighted by Crippen LogP contribution is 2.41. The second-order valence-electron chi connectivity index (χ2n) is 5.91. The van der Waals surface area contributed by atoms with E-state index in [2.05, 4.69) is 18.7 Å². The molecule has 0 N–H and O–H groups in total. The monoisotopic (exact) mass is 223 g/mol. The Morgan fingerprint density at radius 2 is 2.06 bits per heavy atom. The molecular formula is C14H25NO. The van der Waals surface area contributed by atoms with Crippen molar-refractivity contribution < 1.29 is 4.79 Å². The number of nitrogens with zero attached hydrogens (tertiary/aromatic N) is 1. The van der Waals surface area contributed by atoms with Crippen LogP contribution in [0.4, 0.5) is 0 Å². The summed E-state index contributed by atoms with van der Waals surface area (Å²) < 4.78 is 0. The van der Waals surface area contributed by atoms with E-state index in [0.29, 0.717) is 11.2 Å². The number of likely N-dealkylation sites (tertiary alicyclic amines) is 1. The Hall–Kier alpha value is -0.370. The van der Waals surface area contributed by atoms with Gasteiger partial charge >= 0.3 is 0 Å². The maximum absolute atomic E-state index is 11.5. The van der Waals surface area contributed by atoms with Gasteiger partial charge < -0.3 is 4.90 Å². The average Bonchev–Trinajstić information content (AvgIpc) is 2.73. The molecule has 1 saturated carbocycles. The fraction of sp³-hybridized carbons (Fsp3) is 0.929. The maximum atomic E-state index is 11.5. The number of ketones is 1. The van der Waals surface area contributed by atoms with E-state index in [0.717, 1.165) is 19.5 Å². The van der Waals surface area contributed by atoms with E-state index in [-0.39, 0.29) is 5.92 Å². The van der Waals surface area contributed by atoms with Crippen molar-refractivity contribution in [2.45, 2.75) is 52.4 Å². The number of carbonyl (C=O) groups is 1. The van der Waals surface area contributed by atoms with Crippen molar-refractivity contribution in [2.24, 2.45) is 11.3 Å². The number of hydrogen-bond donors (Lipinski definition) is 0. The quantitative estimate of drug-likeness (QED) is 0.733. The van der Waals surface area contributed by atoms with Gasteiger partial charge in [0.1, 0.15) is 5.78 Å². The van der Waals surface area contributed by atoms with Crippen LogP contribution >= 0.6 is 0 Å². The van der Waals surface area contributed by atoms with Gasteiger partial charge in [-0.2, -0.15) is 0 Å². The van der Waals surface area contributed by atoms with Gasteiger partial charge in [-0.05, 0) is 24.7 Å². The molecule has 0 spiro atoms. The van der Waals surface area contributed by atoms with E-state index in [4.69, 9.17) is 0 Å². The zero-order valence-electron chi connectivity index (χ0n) is 10.8. The molecule has 0 amide bonds. The summed E-state index contributed by atoms with van der Waals surface area (Å²) in [5.74, 6) is 0.734. The number of hydrogen-bond acceptors (Lipinski definition) is 2. The third-order valence-corrected chi connectivity index (χ3v) is 4.73. The van der Waals surface area contributed by atoms with Crippen LogP contribution in [0.5, 0.6) is 0 Å². The van der Waals surface area contributed by atoms with Crippen LogP contribution in [0.25, 0.3) is 0 Å². The zero-order valence-corrected chi connectivity index (χ0v) is 10.8. The maximum Gasteiger partial charge on any atom is 0.138 e. The minimum atomic E-state index is 0.268. The first-order valence-electron chi connectivity index (χ1n) is 6.90. The molecular weight excluding hydrogens is 198 g/mol.